The van der Waals surface area contributed by atoms with Crippen LogP contribution in [0.15, 0.2) is 59.5 Å². The van der Waals surface area contributed by atoms with Crippen LogP contribution in [-0.4, -0.2) is 31.7 Å². The van der Waals surface area contributed by atoms with Crippen molar-refractivity contribution in [2.24, 2.45) is 5.92 Å². The molecular formula is C23H32N2O3S. The molecule has 1 N–H and O–H groups in total. The van der Waals surface area contributed by atoms with Crippen LogP contribution in [0.3, 0.4) is 0 Å². The van der Waals surface area contributed by atoms with Crippen LogP contribution >= 0.6 is 0 Å². The summed E-state index contributed by atoms with van der Waals surface area (Å²) in [5.41, 5.74) is 2.04. The fourth-order valence-electron chi connectivity index (χ4n) is 3.34. The standard InChI is InChI=1S/C23H32N2O3S/c1-5-25(6-2)29(27,28)21-15-12-19(13-16-21)14-17-22(26)24-23(18(3)4)20-10-8-7-9-11-20/h7-13,15-16,18,23H,5-6,14,17H2,1-4H3,(H,24,26). The Bertz CT molecular complexity index is 874. The highest BCUT2D eigenvalue weighted by Crippen LogP contribution is 2.22. The van der Waals surface area contributed by atoms with Crippen LogP contribution in [0.1, 0.15) is 51.3 Å². The van der Waals surface area contributed by atoms with E-state index in [2.05, 4.69) is 19.2 Å². The SMILES string of the molecule is CCN(CC)S(=O)(=O)c1ccc(CCC(=O)NC(c2ccccc2)C(C)C)cc1. The van der Waals surface area contributed by atoms with Crippen LogP contribution in [0.5, 0.6) is 0 Å². The van der Waals surface area contributed by atoms with Crippen LogP contribution < -0.4 is 5.32 Å². The van der Waals surface area contributed by atoms with Crippen molar-refractivity contribution in [1.82, 2.24) is 9.62 Å². The molecule has 0 radical (unpaired) electrons. The Morgan fingerprint density at radius 3 is 2.07 bits per heavy atom. The zero-order valence-corrected chi connectivity index (χ0v) is 18.6. The lowest BCUT2D eigenvalue weighted by Gasteiger charge is -2.23. The van der Waals surface area contributed by atoms with Gasteiger partial charge in [0.15, 0.2) is 0 Å². The minimum absolute atomic E-state index is 0.00704. The number of nitrogens with zero attached hydrogens (tertiary/aromatic N) is 1. The molecule has 29 heavy (non-hydrogen) atoms. The number of amides is 1. The summed E-state index contributed by atoms with van der Waals surface area (Å²) in [7, 11) is -3.45. The van der Waals surface area contributed by atoms with Gasteiger partial charge in [0.25, 0.3) is 0 Å². The van der Waals surface area contributed by atoms with Crippen molar-refractivity contribution in [1.29, 1.82) is 0 Å². The van der Waals surface area contributed by atoms with Crippen LogP contribution in [0.2, 0.25) is 0 Å². The first-order valence-electron chi connectivity index (χ1n) is 10.2. The highest BCUT2D eigenvalue weighted by Gasteiger charge is 2.21. The molecule has 0 aromatic heterocycles. The minimum Gasteiger partial charge on any atom is -0.349 e. The molecule has 2 aromatic carbocycles. The number of hydrogen-bond acceptors (Lipinski definition) is 3. The normalized spacial score (nSPS) is 12.9. The molecule has 0 aliphatic carbocycles. The summed E-state index contributed by atoms with van der Waals surface area (Å²) in [5.74, 6) is 0.276. The lowest BCUT2D eigenvalue weighted by atomic mass is 9.96. The number of carbonyl (C=O) groups is 1. The largest absolute Gasteiger partial charge is 0.349 e. The van der Waals surface area contributed by atoms with Gasteiger partial charge in [0.2, 0.25) is 15.9 Å². The summed E-state index contributed by atoms with van der Waals surface area (Å²) >= 11 is 0. The van der Waals surface area contributed by atoms with Gasteiger partial charge in [-0.1, -0.05) is 70.2 Å². The van der Waals surface area contributed by atoms with Crippen molar-refractivity contribution in [2.75, 3.05) is 13.1 Å². The second kappa shape index (κ2) is 10.6. The van der Waals surface area contributed by atoms with E-state index >= 15 is 0 Å². The van der Waals surface area contributed by atoms with Gasteiger partial charge >= 0.3 is 0 Å². The molecule has 0 aliphatic rings. The van der Waals surface area contributed by atoms with E-state index in [1.165, 1.54) is 4.31 Å². The summed E-state index contributed by atoms with van der Waals surface area (Å²) in [6, 6.07) is 16.8. The second-order valence-electron chi connectivity index (χ2n) is 7.43. The monoisotopic (exact) mass is 416 g/mol. The van der Waals surface area contributed by atoms with E-state index in [0.717, 1.165) is 11.1 Å². The number of aryl methyl sites for hydroxylation is 1. The third-order valence-corrected chi connectivity index (χ3v) is 7.11. The van der Waals surface area contributed by atoms with Crippen LogP contribution in [0, 0.1) is 5.92 Å². The Morgan fingerprint density at radius 1 is 0.966 bits per heavy atom. The molecule has 5 nitrogen and oxygen atoms in total. The van der Waals surface area contributed by atoms with Gasteiger partial charge in [0, 0.05) is 19.5 Å². The Morgan fingerprint density at radius 2 is 1.55 bits per heavy atom. The van der Waals surface area contributed by atoms with Crippen molar-refractivity contribution in [2.45, 2.75) is 51.5 Å². The van der Waals surface area contributed by atoms with Crippen molar-refractivity contribution < 1.29 is 13.2 Å². The Balaban J connectivity index is 1.98. The van der Waals surface area contributed by atoms with Gasteiger partial charge in [0.1, 0.15) is 0 Å². The molecule has 6 heteroatoms. The average molecular weight is 417 g/mol. The smallest absolute Gasteiger partial charge is 0.243 e. The topological polar surface area (TPSA) is 66.5 Å². The lowest BCUT2D eigenvalue weighted by Crippen LogP contribution is -2.31. The zero-order valence-electron chi connectivity index (χ0n) is 17.8. The third kappa shape index (κ3) is 6.15. The average Bonchev–Trinajstić information content (AvgIpc) is 2.72. The fourth-order valence-corrected chi connectivity index (χ4v) is 4.80. The molecule has 2 aromatic rings. The van der Waals surface area contributed by atoms with Gasteiger partial charge in [-0.05, 0) is 35.6 Å². The molecule has 0 bridgehead atoms. The van der Waals surface area contributed by atoms with E-state index in [0.29, 0.717) is 30.8 Å². The van der Waals surface area contributed by atoms with Gasteiger partial charge in [-0.3, -0.25) is 4.79 Å². The molecule has 0 aliphatic heterocycles. The highest BCUT2D eigenvalue weighted by molar-refractivity contribution is 7.89. The van der Waals surface area contributed by atoms with E-state index in [1.807, 2.05) is 44.2 Å². The molecule has 1 atom stereocenters. The first-order chi connectivity index (χ1) is 13.8. The number of nitrogens with one attached hydrogen (secondary N) is 1. The predicted molar refractivity (Wildman–Crippen MR) is 117 cm³/mol. The first kappa shape index (κ1) is 23.1. The van der Waals surface area contributed by atoms with E-state index in [9.17, 15) is 13.2 Å². The Labute approximate surface area is 175 Å². The number of carbonyl (C=O) groups excluding carboxylic acids is 1. The van der Waals surface area contributed by atoms with Gasteiger partial charge in [-0.15, -0.1) is 0 Å². The molecule has 0 spiro atoms. The summed E-state index contributed by atoms with van der Waals surface area (Å²) in [5, 5.41) is 3.13. The van der Waals surface area contributed by atoms with Crippen molar-refractivity contribution in [3.05, 3.63) is 65.7 Å². The third-order valence-electron chi connectivity index (χ3n) is 5.05. The van der Waals surface area contributed by atoms with E-state index < -0.39 is 10.0 Å². The quantitative estimate of drug-likeness (QED) is 0.632. The molecular weight excluding hydrogens is 384 g/mol. The van der Waals surface area contributed by atoms with Gasteiger partial charge in [-0.25, -0.2) is 8.42 Å². The molecule has 2 rings (SSSR count). The predicted octanol–water partition coefficient (Wildman–Crippen LogP) is 4.16. The van der Waals surface area contributed by atoms with Gasteiger partial charge in [-0.2, -0.15) is 4.31 Å². The second-order valence-corrected chi connectivity index (χ2v) is 9.37. The maximum atomic E-state index is 12.6. The van der Waals surface area contributed by atoms with Gasteiger partial charge < -0.3 is 5.32 Å². The van der Waals surface area contributed by atoms with Crippen molar-refractivity contribution in [3.8, 4) is 0 Å². The Hall–Kier alpha value is -2.18. The molecule has 158 valence electrons. The Kier molecular flexibility index (Phi) is 8.41. The summed E-state index contributed by atoms with van der Waals surface area (Å²) < 4.78 is 26.5. The number of benzene rings is 2. The maximum absolute atomic E-state index is 12.6. The molecule has 0 saturated heterocycles. The van der Waals surface area contributed by atoms with Crippen LogP contribution in [0.25, 0.3) is 0 Å². The van der Waals surface area contributed by atoms with Gasteiger partial charge in [0.05, 0.1) is 10.9 Å². The summed E-state index contributed by atoms with van der Waals surface area (Å²) in [6.07, 6.45) is 0.926. The molecule has 0 heterocycles. The summed E-state index contributed by atoms with van der Waals surface area (Å²) in [6.45, 7) is 8.72. The molecule has 0 fully saturated rings. The van der Waals surface area contributed by atoms with Crippen LogP contribution in [0.4, 0.5) is 0 Å². The number of rotatable bonds is 10. The number of sulfonamides is 1. The van der Waals surface area contributed by atoms with E-state index in [1.54, 1.807) is 24.3 Å². The minimum atomic E-state index is -3.45. The van der Waals surface area contributed by atoms with Crippen LogP contribution in [-0.2, 0) is 21.2 Å². The summed E-state index contributed by atoms with van der Waals surface area (Å²) in [4.78, 5) is 12.8. The van der Waals surface area contributed by atoms with E-state index in [4.69, 9.17) is 0 Å². The van der Waals surface area contributed by atoms with E-state index in [-0.39, 0.29) is 17.9 Å². The maximum Gasteiger partial charge on any atom is 0.243 e. The lowest BCUT2D eigenvalue weighted by molar-refractivity contribution is -0.122. The van der Waals surface area contributed by atoms with Crippen molar-refractivity contribution >= 4 is 15.9 Å². The van der Waals surface area contributed by atoms with Crippen molar-refractivity contribution in [3.63, 3.8) is 0 Å². The number of hydrogen-bond donors (Lipinski definition) is 1. The fraction of sp³-hybridized carbons (Fsp3) is 0.435. The first-order valence-corrected chi connectivity index (χ1v) is 11.7. The zero-order chi connectivity index (χ0) is 21.4. The highest BCUT2D eigenvalue weighted by atomic mass is 32.2. The molecule has 1 amide bonds. The molecule has 0 saturated carbocycles. The molecule has 1 unspecified atom stereocenters.